The highest BCUT2D eigenvalue weighted by Gasteiger charge is 2.10. The standard InChI is InChI=1S/C7H4BrCl2NO/c8-4-1-5(6(12)2-9)7(10)11-3-4/h1,3H,2H2. The highest BCUT2D eigenvalue weighted by Crippen LogP contribution is 2.18. The Morgan fingerprint density at radius 1 is 1.67 bits per heavy atom. The maximum atomic E-state index is 11.1. The number of ketones is 1. The molecule has 12 heavy (non-hydrogen) atoms. The number of carbonyl (C=O) groups excluding carboxylic acids is 1. The monoisotopic (exact) mass is 267 g/mol. The van der Waals surface area contributed by atoms with E-state index in [1.165, 1.54) is 6.20 Å². The number of nitrogens with zero attached hydrogens (tertiary/aromatic N) is 1. The molecule has 0 fully saturated rings. The second-order valence-corrected chi connectivity index (χ2v) is 3.59. The predicted octanol–water partition coefficient (Wildman–Crippen LogP) is 2.92. The summed E-state index contributed by atoms with van der Waals surface area (Å²) in [6, 6.07) is 1.60. The van der Waals surface area contributed by atoms with Gasteiger partial charge in [0.15, 0.2) is 5.78 Å². The van der Waals surface area contributed by atoms with Crippen molar-refractivity contribution < 1.29 is 4.79 Å². The summed E-state index contributed by atoms with van der Waals surface area (Å²) in [6.07, 6.45) is 1.52. The third-order valence-corrected chi connectivity index (χ3v) is 2.21. The van der Waals surface area contributed by atoms with Gasteiger partial charge in [-0.1, -0.05) is 11.6 Å². The number of alkyl halides is 1. The van der Waals surface area contributed by atoms with Crippen molar-refractivity contribution in [1.82, 2.24) is 4.98 Å². The summed E-state index contributed by atoms with van der Waals surface area (Å²) in [4.78, 5) is 14.9. The molecule has 0 bridgehead atoms. The Kier molecular flexibility index (Phi) is 3.50. The molecule has 0 saturated carbocycles. The molecule has 1 aromatic rings. The summed E-state index contributed by atoms with van der Waals surface area (Å²) in [5.74, 6) is -0.312. The zero-order valence-electron chi connectivity index (χ0n) is 5.85. The Balaban J connectivity index is 3.13. The smallest absolute Gasteiger partial charge is 0.180 e. The number of hydrogen-bond donors (Lipinski definition) is 0. The average molecular weight is 269 g/mol. The first-order valence-electron chi connectivity index (χ1n) is 3.05. The fourth-order valence-electron chi connectivity index (χ4n) is 0.690. The number of halogens is 3. The van der Waals surface area contributed by atoms with Crippen molar-refractivity contribution in [2.24, 2.45) is 0 Å². The van der Waals surface area contributed by atoms with Gasteiger partial charge in [0.05, 0.1) is 11.4 Å². The minimum absolute atomic E-state index is 0.0855. The predicted molar refractivity (Wildman–Crippen MR) is 52.0 cm³/mol. The van der Waals surface area contributed by atoms with Crippen LogP contribution in [0.5, 0.6) is 0 Å². The van der Waals surface area contributed by atoms with Crippen LogP contribution in [-0.4, -0.2) is 16.6 Å². The van der Waals surface area contributed by atoms with E-state index < -0.39 is 0 Å². The van der Waals surface area contributed by atoms with E-state index in [1.807, 2.05) is 0 Å². The van der Waals surface area contributed by atoms with Crippen molar-refractivity contribution in [3.05, 3.63) is 27.5 Å². The van der Waals surface area contributed by atoms with Crippen molar-refractivity contribution in [3.8, 4) is 0 Å². The third-order valence-electron chi connectivity index (χ3n) is 1.23. The molecule has 0 aliphatic rings. The first-order chi connectivity index (χ1) is 5.65. The van der Waals surface area contributed by atoms with E-state index in [1.54, 1.807) is 6.07 Å². The lowest BCUT2D eigenvalue weighted by Gasteiger charge is -1.99. The fraction of sp³-hybridized carbons (Fsp3) is 0.143. The Labute approximate surface area is 88.0 Å². The van der Waals surface area contributed by atoms with E-state index in [2.05, 4.69) is 20.9 Å². The summed E-state index contributed by atoms with van der Waals surface area (Å²) in [5.41, 5.74) is 0.348. The van der Waals surface area contributed by atoms with Crippen molar-refractivity contribution in [1.29, 1.82) is 0 Å². The molecule has 0 aliphatic carbocycles. The molecule has 0 saturated heterocycles. The lowest BCUT2D eigenvalue weighted by molar-refractivity contribution is 0.102. The quantitative estimate of drug-likeness (QED) is 0.469. The van der Waals surface area contributed by atoms with E-state index in [0.29, 0.717) is 10.0 Å². The van der Waals surface area contributed by atoms with Crippen LogP contribution in [0.3, 0.4) is 0 Å². The number of pyridine rings is 1. The molecule has 1 aromatic heterocycles. The molecule has 0 aromatic carbocycles. The molecule has 0 N–H and O–H groups in total. The summed E-state index contributed by atoms with van der Waals surface area (Å²) >= 11 is 14.2. The molecule has 5 heteroatoms. The van der Waals surface area contributed by atoms with Crippen LogP contribution in [0.25, 0.3) is 0 Å². The number of aromatic nitrogens is 1. The number of hydrogen-bond acceptors (Lipinski definition) is 2. The first kappa shape index (κ1) is 9.96. The van der Waals surface area contributed by atoms with Crippen LogP contribution < -0.4 is 0 Å². The van der Waals surface area contributed by atoms with Gasteiger partial charge in [-0.05, 0) is 22.0 Å². The lowest BCUT2D eigenvalue weighted by atomic mass is 10.2. The van der Waals surface area contributed by atoms with E-state index in [4.69, 9.17) is 23.2 Å². The van der Waals surface area contributed by atoms with E-state index in [0.717, 1.165) is 0 Å². The van der Waals surface area contributed by atoms with E-state index in [-0.39, 0.29) is 16.8 Å². The Morgan fingerprint density at radius 2 is 2.33 bits per heavy atom. The normalized spacial score (nSPS) is 9.92. The SMILES string of the molecule is O=C(CCl)c1cc(Br)cnc1Cl. The first-order valence-corrected chi connectivity index (χ1v) is 4.76. The topological polar surface area (TPSA) is 30.0 Å². The maximum Gasteiger partial charge on any atom is 0.180 e. The largest absolute Gasteiger partial charge is 0.293 e. The van der Waals surface area contributed by atoms with Gasteiger partial charge in [0, 0.05) is 10.7 Å². The Hall–Kier alpha value is -0.120. The van der Waals surface area contributed by atoms with Crippen LogP contribution in [0, 0.1) is 0 Å². The van der Waals surface area contributed by atoms with Crippen molar-refractivity contribution in [2.45, 2.75) is 0 Å². The highest BCUT2D eigenvalue weighted by atomic mass is 79.9. The fourth-order valence-corrected chi connectivity index (χ4v) is 1.37. The minimum atomic E-state index is -0.226. The van der Waals surface area contributed by atoms with Crippen molar-refractivity contribution >= 4 is 44.9 Å². The Bertz CT molecular complexity index is 316. The van der Waals surface area contributed by atoms with Gasteiger partial charge in [0.2, 0.25) is 0 Å². The lowest BCUT2D eigenvalue weighted by Crippen LogP contribution is -2.02. The van der Waals surface area contributed by atoms with Gasteiger partial charge >= 0.3 is 0 Å². The van der Waals surface area contributed by atoms with Crippen molar-refractivity contribution in [2.75, 3.05) is 5.88 Å². The molecule has 0 spiro atoms. The molecule has 1 rings (SSSR count). The van der Waals surface area contributed by atoms with Crippen LogP contribution in [-0.2, 0) is 0 Å². The average Bonchev–Trinajstić information content (AvgIpc) is 2.08. The zero-order valence-corrected chi connectivity index (χ0v) is 8.95. The number of Topliss-reactive ketones (excluding diaryl/α,β-unsaturated/α-hetero) is 1. The molecular formula is C7H4BrCl2NO. The zero-order chi connectivity index (χ0) is 9.14. The number of carbonyl (C=O) groups is 1. The van der Waals surface area contributed by atoms with Gasteiger partial charge in [-0.15, -0.1) is 11.6 Å². The van der Waals surface area contributed by atoms with Gasteiger partial charge < -0.3 is 0 Å². The van der Waals surface area contributed by atoms with E-state index in [9.17, 15) is 4.79 Å². The van der Waals surface area contributed by atoms with Crippen molar-refractivity contribution in [3.63, 3.8) is 0 Å². The van der Waals surface area contributed by atoms with Gasteiger partial charge in [-0.25, -0.2) is 4.98 Å². The second kappa shape index (κ2) is 4.21. The minimum Gasteiger partial charge on any atom is -0.293 e. The molecule has 0 radical (unpaired) electrons. The molecule has 0 atom stereocenters. The molecule has 0 unspecified atom stereocenters. The summed E-state index contributed by atoms with van der Waals surface area (Å²) in [6.45, 7) is 0. The molecule has 1 heterocycles. The molecule has 2 nitrogen and oxygen atoms in total. The van der Waals surface area contributed by atoms with Crippen LogP contribution >= 0.6 is 39.1 Å². The van der Waals surface area contributed by atoms with Crippen LogP contribution in [0.15, 0.2) is 16.7 Å². The summed E-state index contributed by atoms with van der Waals surface area (Å²) < 4.78 is 0.709. The van der Waals surface area contributed by atoms with Crippen LogP contribution in [0.4, 0.5) is 0 Å². The molecule has 0 amide bonds. The van der Waals surface area contributed by atoms with Crippen LogP contribution in [0.2, 0.25) is 5.15 Å². The molecular weight excluding hydrogens is 265 g/mol. The Morgan fingerprint density at radius 3 is 2.92 bits per heavy atom. The molecule has 0 aliphatic heterocycles. The van der Waals surface area contributed by atoms with Crippen LogP contribution in [0.1, 0.15) is 10.4 Å². The molecule has 64 valence electrons. The number of rotatable bonds is 2. The van der Waals surface area contributed by atoms with Gasteiger partial charge in [0.25, 0.3) is 0 Å². The summed E-state index contributed by atoms with van der Waals surface area (Å²) in [5, 5.41) is 0.184. The third kappa shape index (κ3) is 2.19. The van der Waals surface area contributed by atoms with E-state index >= 15 is 0 Å². The summed E-state index contributed by atoms with van der Waals surface area (Å²) in [7, 11) is 0. The van der Waals surface area contributed by atoms with Gasteiger partial charge in [0.1, 0.15) is 5.15 Å². The highest BCUT2D eigenvalue weighted by molar-refractivity contribution is 9.10. The van der Waals surface area contributed by atoms with Gasteiger partial charge in [-0.2, -0.15) is 0 Å². The second-order valence-electron chi connectivity index (χ2n) is 2.05. The maximum absolute atomic E-state index is 11.1. The van der Waals surface area contributed by atoms with Gasteiger partial charge in [-0.3, -0.25) is 4.79 Å².